The van der Waals surface area contributed by atoms with Gasteiger partial charge in [-0.2, -0.15) is 0 Å². The molecule has 1 N–H and O–H groups in total. The van der Waals surface area contributed by atoms with Gasteiger partial charge in [0.25, 0.3) is 0 Å². The van der Waals surface area contributed by atoms with Gasteiger partial charge in [-0.25, -0.2) is 4.79 Å². The molecule has 0 unspecified atom stereocenters. The second-order valence-electron chi connectivity index (χ2n) is 2.23. The number of rotatable bonds is 7. The molecule has 5 nitrogen and oxygen atoms in total. The summed E-state index contributed by atoms with van der Waals surface area (Å²) in [5.41, 5.74) is 0. The highest BCUT2D eigenvalue weighted by atomic mass is 79.9. The Morgan fingerprint density at radius 3 is 2.79 bits per heavy atom. The van der Waals surface area contributed by atoms with Crippen LogP contribution in [0, 0.1) is 0 Å². The average molecular weight is 333 g/mol. The molecule has 0 radical (unpaired) electrons. The largest absolute Gasteiger partial charge is 0.479 e. The van der Waals surface area contributed by atoms with Crippen LogP contribution < -0.4 is 0 Å². The molecule has 0 saturated heterocycles. The number of carbonyl (C=O) groups is 1. The van der Waals surface area contributed by atoms with Crippen molar-refractivity contribution in [3.05, 3.63) is 0 Å². The molecule has 7 heteroatoms. The minimum Gasteiger partial charge on any atom is -0.479 e. The second kappa shape index (κ2) is 7.19. The Hall–Kier alpha value is -0.140. The van der Waals surface area contributed by atoms with E-state index in [-0.39, 0.29) is 6.61 Å². The SMILES string of the molecule is CCOCC=NOCC(Br)(Br)C(=O)O. The normalized spacial score (nSPS) is 11.9. The van der Waals surface area contributed by atoms with Crippen molar-refractivity contribution in [3.8, 4) is 0 Å². The molecule has 0 aliphatic heterocycles. The van der Waals surface area contributed by atoms with Crippen LogP contribution >= 0.6 is 31.9 Å². The average Bonchev–Trinajstić information content (AvgIpc) is 2.10. The Bertz CT molecular complexity index is 208. The van der Waals surface area contributed by atoms with E-state index in [0.717, 1.165) is 0 Å². The zero-order valence-corrected chi connectivity index (χ0v) is 10.7. The van der Waals surface area contributed by atoms with Gasteiger partial charge in [-0.15, -0.1) is 0 Å². The maximum atomic E-state index is 10.5. The molecule has 82 valence electrons. The molecule has 0 atom stereocenters. The molecular formula is C7H11Br2NO4. The van der Waals surface area contributed by atoms with Crippen molar-refractivity contribution in [2.24, 2.45) is 5.16 Å². The van der Waals surface area contributed by atoms with Crippen LogP contribution in [0.3, 0.4) is 0 Å². The monoisotopic (exact) mass is 331 g/mol. The van der Waals surface area contributed by atoms with Crippen LogP contribution in [-0.4, -0.2) is 40.3 Å². The first-order valence-electron chi connectivity index (χ1n) is 3.83. The van der Waals surface area contributed by atoms with Gasteiger partial charge < -0.3 is 14.7 Å². The van der Waals surface area contributed by atoms with E-state index in [9.17, 15) is 4.79 Å². The van der Waals surface area contributed by atoms with Crippen molar-refractivity contribution >= 4 is 44.0 Å². The third-order valence-corrected chi connectivity index (χ3v) is 2.24. The quantitative estimate of drug-likeness (QED) is 0.333. The summed E-state index contributed by atoms with van der Waals surface area (Å²) in [4.78, 5) is 15.3. The smallest absolute Gasteiger partial charge is 0.335 e. The summed E-state index contributed by atoms with van der Waals surface area (Å²) in [5, 5.41) is 12.1. The number of ether oxygens (including phenoxy) is 1. The molecule has 0 amide bonds. The molecule has 0 aromatic heterocycles. The fourth-order valence-electron chi connectivity index (χ4n) is 0.434. The lowest BCUT2D eigenvalue weighted by Gasteiger charge is -2.12. The van der Waals surface area contributed by atoms with Gasteiger partial charge in [-0.1, -0.05) is 37.0 Å². The van der Waals surface area contributed by atoms with Gasteiger partial charge in [0.1, 0.15) is 0 Å². The number of hydrogen-bond acceptors (Lipinski definition) is 4. The predicted molar refractivity (Wildman–Crippen MR) is 59.2 cm³/mol. The van der Waals surface area contributed by atoms with E-state index in [1.54, 1.807) is 0 Å². The van der Waals surface area contributed by atoms with Crippen LogP contribution in [0.15, 0.2) is 5.16 Å². The Balaban J connectivity index is 3.63. The lowest BCUT2D eigenvalue weighted by Crippen LogP contribution is -2.29. The van der Waals surface area contributed by atoms with E-state index < -0.39 is 9.20 Å². The van der Waals surface area contributed by atoms with Crippen LogP contribution in [0.1, 0.15) is 6.92 Å². The summed E-state index contributed by atoms with van der Waals surface area (Å²) in [7, 11) is 0. The van der Waals surface area contributed by atoms with E-state index >= 15 is 0 Å². The van der Waals surface area contributed by atoms with Crippen LogP contribution in [0.2, 0.25) is 0 Å². The van der Waals surface area contributed by atoms with E-state index in [1.807, 2.05) is 6.92 Å². The summed E-state index contributed by atoms with van der Waals surface area (Å²) >= 11 is 5.83. The van der Waals surface area contributed by atoms with Crippen LogP contribution in [0.4, 0.5) is 0 Å². The number of aliphatic carboxylic acids is 1. The number of oxime groups is 1. The number of carboxylic acid groups (broad SMARTS) is 1. The molecule has 0 saturated carbocycles. The fourth-order valence-corrected chi connectivity index (χ4v) is 0.639. The minimum absolute atomic E-state index is 0.120. The van der Waals surface area contributed by atoms with Crippen LogP contribution in [-0.2, 0) is 14.4 Å². The highest BCUT2D eigenvalue weighted by molar-refractivity contribution is 9.26. The zero-order valence-electron chi connectivity index (χ0n) is 7.57. The maximum Gasteiger partial charge on any atom is 0.335 e. The number of carboxylic acids is 1. The van der Waals surface area contributed by atoms with Crippen LogP contribution in [0.25, 0.3) is 0 Å². The van der Waals surface area contributed by atoms with Gasteiger partial charge in [0, 0.05) is 6.61 Å². The standard InChI is InChI=1S/C7H11Br2NO4/c1-2-13-4-3-10-14-5-7(8,9)6(11)12/h3H,2,4-5H2,1H3,(H,11,12). The van der Waals surface area contributed by atoms with E-state index in [2.05, 4.69) is 37.0 Å². The molecule has 0 fully saturated rings. The van der Waals surface area contributed by atoms with Crippen molar-refractivity contribution in [3.63, 3.8) is 0 Å². The Labute approximate surface area is 98.7 Å². The van der Waals surface area contributed by atoms with Gasteiger partial charge in [0.05, 0.1) is 12.8 Å². The molecule has 0 bridgehead atoms. The van der Waals surface area contributed by atoms with E-state index in [4.69, 9.17) is 14.7 Å². The highest BCUT2D eigenvalue weighted by Crippen LogP contribution is 2.26. The predicted octanol–water partition coefficient (Wildman–Crippen LogP) is 1.60. The molecule has 14 heavy (non-hydrogen) atoms. The lowest BCUT2D eigenvalue weighted by atomic mass is 10.5. The summed E-state index contributed by atoms with van der Waals surface area (Å²) < 4.78 is 3.66. The topological polar surface area (TPSA) is 68.1 Å². The molecule has 0 heterocycles. The Morgan fingerprint density at radius 1 is 1.64 bits per heavy atom. The Kier molecular flexibility index (Phi) is 7.12. The first-order chi connectivity index (χ1) is 6.50. The van der Waals surface area contributed by atoms with Crippen molar-refractivity contribution in [2.45, 2.75) is 10.2 Å². The van der Waals surface area contributed by atoms with Crippen LogP contribution in [0.5, 0.6) is 0 Å². The lowest BCUT2D eigenvalue weighted by molar-refractivity contribution is -0.138. The summed E-state index contributed by atoms with van der Waals surface area (Å²) in [5.74, 6) is -1.07. The molecule has 0 aromatic rings. The summed E-state index contributed by atoms with van der Waals surface area (Å²) in [6, 6.07) is 0. The van der Waals surface area contributed by atoms with Gasteiger partial charge in [-0.3, -0.25) is 0 Å². The number of hydrogen-bond donors (Lipinski definition) is 1. The number of alkyl halides is 2. The number of nitrogens with zero attached hydrogens (tertiary/aromatic N) is 1. The fraction of sp³-hybridized carbons (Fsp3) is 0.714. The van der Waals surface area contributed by atoms with Gasteiger partial charge in [0.15, 0.2) is 6.61 Å². The molecule has 0 aliphatic carbocycles. The maximum absolute atomic E-state index is 10.5. The summed E-state index contributed by atoms with van der Waals surface area (Å²) in [6.07, 6.45) is 1.42. The van der Waals surface area contributed by atoms with E-state index in [1.165, 1.54) is 6.21 Å². The van der Waals surface area contributed by atoms with Crippen molar-refractivity contribution in [1.29, 1.82) is 0 Å². The van der Waals surface area contributed by atoms with Gasteiger partial charge >= 0.3 is 5.97 Å². The Morgan fingerprint density at radius 2 is 2.29 bits per heavy atom. The van der Waals surface area contributed by atoms with Gasteiger partial charge in [-0.05, 0) is 6.92 Å². The van der Waals surface area contributed by atoms with E-state index in [0.29, 0.717) is 13.2 Å². The minimum atomic E-state index is -1.29. The molecular weight excluding hydrogens is 322 g/mol. The first-order valence-corrected chi connectivity index (χ1v) is 5.42. The third-order valence-electron chi connectivity index (χ3n) is 1.10. The molecule has 0 aliphatic rings. The number of halogens is 2. The second-order valence-corrected chi connectivity index (χ2v) is 6.00. The van der Waals surface area contributed by atoms with Gasteiger partial charge in [0.2, 0.25) is 3.23 Å². The van der Waals surface area contributed by atoms with Crippen molar-refractivity contribution < 1.29 is 19.5 Å². The molecule has 0 rings (SSSR count). The van der Waals surface area contributed by atoms with Crippen molar-refractivity contribution in [1.82, 2.24) is 0 Å². The summed E-state index contributed by atoms with van der Waals surface area (Å²) in [6.45, 7) is 2.69. The first kappa shape index (κ1) is 13.9. The highest BCUT2D eigenvalue weighted by Gasteiger charge is 2.33. The zero-order chi connectivity index (χ0) is 11.0. The van der Waals surface area contributed by atoms with Crippen molar-refractivity contribution in [2.75, 3.05) is 19.8 Å². The third kappa shape index (κ3) is 6.33. The molecule has 0 aromatic carbocycles. The molecule has 0 spiro atoms.